The van der Waals surface area contributed by atoms with E-state index >= 15 is 0 Å². The summed E-state index contributed by atoms with van der Waals surface area (Å²) in [5, 5.41) is 1.10. The predicted octanol–water partition coefficient (Wildman–Crippen LogP) is 4.76. The van der Waals surface area contributed by atoms with Crippen molar-refractivity contribution in [3.8, 4) is 11.5 Å². The Bertz CT molecular complexity index is 623. The van der Waals surface area contributed by atoms with Crippen LogP contribution in [0, 0.1) is 0 Å². The first-order valence-corrected chi connectivity index (χ1v) is 7.98. The Morgan fingerprint density at radius 3 is 2.67 bits per heavy atom. The van der Waals surface area contributed by atoms with Crippen LogP contribution in [0.2, 0.25) is 10.0 Å². The van der Waals surface area contributed by atoms with E-state index in [1.165, 1.54) is 0 Å². The number of nitrogen functional groups attached to an aromatic ring is 1. The molecule has 0 aliphatic rings. The normalized spacial score (nSPS) is 10.4. The van der Waals surface area contributed by atoms with Gasteiger partial charge in [0.05, 0.1) is 18.7 Å². The van der Waals surface area contributed by atoms with Crippen LogP contribution in [0.3, 0.4) is 0 Å². The number of halogens is 2. The van der Waals surface area contributed by atoms with Gasteiger partial charge in [0.1, 0.15) is 11.5 Å². The maximum absolute atomic E-state index is 6.04. The molecule has 2 N–H and O–H groups in total. The Balaban J connectivity index is 1.87. The molecule has 2 aromatic carbocycles. The van der Waals surface area contributed by atoms with Crippen molar-refractivity contribution in [1.82, 2.24) is 0 Å². The van der Waals surface area contributed by atoms with Gasteiger partial charge in [-0.15, -0.1) is 11.8 Å². The van der Waals surface area contributed by atoms with Gasteiger partial charge in [-0.2, -0.15) is 0 Å². The fourth-order valence-electron chi connectivity index (χ4n) is 1.66. The Labute approximate surface area is 138 Å². The lowest BCUT2D eigenvalue weighted by molar-refractivity contribution is 0.344. The van der Waals surface area contributed by atoms with Crippen molar-refractivity contribution in [1.29, 1.82) is 0 Å². The Kier molecular flexibility index (Phi) is 5.91. The third-order valence-corrected chi connectivity index (χ3v) is 4.28. The van der Waals surface area contributed by atoms with Crippen molar-refractivity contribution in [2.75, 3.05) is 25.2 Å². The topological polar surface area (TPSA) is 44.5 Å². The van der Waals surface area contributed by atoms with E-state index in [0.29, 0.717) is 22.4 Å². The standard InChI is InChI=1S/C15H15Cl2NO2S/c1-19-11-3-4-13(18)15(9-11)21-7-6-20-14-5-2-10(16)8-12(14)17/h2-5,8-9H,6-7,18H2,1H3. The largest absolute Gasteiger partial charge is 0.497 e. The Hall–Kier alpha value is -1.23. The summed E-state index contributed by atoms with van der Waals surface area (Å²) < 4.78 is 10.8. The number of anilines is 1. The second-order valence-corrected chi connectivity index (χ2v) is 6.16. The van der Waals surface area contributed by atoms with Gasteiger partial charge in [-0.3, -0.25) is 0 Å². The van der Waals surface area contributed by atoms with Gasteiger partial charge in [-0.1, -0.05) is 23.2 Å². The van der Waals surface area contributed by atoms with E-state index < -0.39 is 0 Å². The fourth-order valence-corrected chi connectivity index (χ4v) is 2.95. The summed E-state index contributed by atoms with van der Waals surface area (Å²) in [6, 6.07) is 10.7. The first-order valence-electron chi connectivity index (χ1n) is 6.24. The first-order chi connectivity index (χ1) is 10.1. The molecule has 0 radical (unpaired) electrons. The molecule has 0 aromatic heterocycles. The van der Waals surface area contributed by atoms with Crippen LogP contribution in [-0.4, -0.2) is 19.5 Å². The van der Waals surface area contributed by atoms with Gasteiger partial charge in [0.2, 0.25) is 0 Å². The van der Waals surface area contributed by atoms with Crippen molar-refractivity contribution in [2.24, 2.45) is 0 Å². The molecule has 6 heteroatoms. The van der Waals surface area contributed by atoms with E-state index in [0.717, 1.165) is 22.1 Å². The molecule has 0 unspecified atom stereocenters. The zero-order valence-corrected chi connectivity index (χ0v) is 13.8. The van der Waals surface area contributed by atoms with Crippen molar-refractivity contribution in [3.63, 3.8) is 0 Å². The predicted molar refractivity (Wildman–Crippen MR) is 90.1 cm³/mol. The van der Waals surface area contributed by atoms with E-state index in [2.05, 4.69) is 0 Å². The maximum Gasteiger partial charge on any atom is 0.138 e. The van der Waals surface area contributed by atoms with Crippen LogP contribution in [-0.2, 0) is 0 Å². The van der Waals surface area contributed by atoms with E-state index in [9.17, 15) is 0 Å². The van der Waals surface area contributed by atoms with E-state index in [1.807, 2.05) is 18.2 Å². The van der Waals surface area contributed by atoms with Gasteiger partial charge < -0.3 is 15.2 Å². The van der Waals surface area contributed by atoms with Crippen LogP contribution >= 0.6 is 35.0 Å². The molecule has 2 aromatic rings. The van der Waals surface area contributed by atoms with Gasteiger partial charge in [0, 0.05) is 21.4 Å². The third kappa shape index (κ3) is 4.63. The molecule has 21 heavy (non-hydrogen) atoms. The molecule has 0 spiro atoms. The van der Waals surface area contributed by atoms with Crippen LogP contribution in [0.5, 0.6) is 11.5 Å². The smallest absolute Gasteiger partial charge is 0.138 e. The molecule has 0 aliphatic heterocycles. The highest BCUT2D eigenvalue weighted by molar-refractivity contribution is 7.99. The second kappa shape index (κ2) is 7.69. The number of ether oxygens (including phenoxy) is 2. The SMILES string of the molecule is COc1ccc(N)c(SCCOc2ccc(Cl)cc2Cl)c1. The molecule has 3 nitrogen and oxygen atoms in total. The fraction of sp³-hybridized carbons (Fsp3) is 0.200. The molecule has 112 valence electrons. The summed E-state index contributed by atoms with van der Waals surface area (Å²) in [6.07, 6.45) is 0. The molecule has 2 rings (SSSR count). The summed E-state index contributed by atoms with van der Waals surface area (Å²) in [6.45, 7) is 0.517. The molecular weight excluding hydrogens is 329 g/mol. The van der Waals surface area contributed by atoms with Crippen LogP contribution in [0.1, 0.15) is 0 Å². The number of thioether (sulfide) groups is 1. The Morgan fingerprint density at radius 1 is 1.14 bits per heavy atom. The molecule has 0 saturated heterocycles. The third-order valence-electron chi connectivity index (χ3n) is 2.71. The molecule has 0 atom stereocenters. The number of nitrogens with two attached hydrogens (primary N) is 1. The van der Waals surface area contributed by atoms with E-state index in [4.69, 9.17) is 38.4 Å². The summed E-state index contributed by atoms with van der Waals surface area (Å²) in [7, 11) is 1.63. The van der Waals surface area contributed by atoms with E-state index in [1.54, 1.807) is 37.1 Å². The summed E-state index contributed by atoms with van der Waals surface area (Å²) in [5.41, 5.74) is 6.65. The number of hydrogen-bond acceptors (Lipinski definition) is 4. The summed E-state index contributed by atoms with van der Waals surface area (Å²) >= 11 is 13.5. The molecule has 0 bridgehead atoms. The molecule has 0 heterocycles. The monoisotopic (exact) mass is 343 g/mol. The zero-order valence-electron chi connectivity index (χ0n) is 11.4. The van der Waals surface area contributed by atoms with Crippen molar-refractivity contribution in [3.05, 3.63) is 46.4 Å². The van der Waals surface area contributed by atoms with Crippen LogP contribution < -0.4 is 15.2 Å². The molecule has 0 fully saturated rings. The van der Waals surface area contributed by atoms with Crippen molar-refractivity contribution in [2.45, 2.75) is 4.90 Å². The van der Waals surface area contributed by atoms with Crippen molar-refractivity contribution < 1.29 is 9.47 Å². The van der Waals surface area contributed by atoms with E-state index in [-0.39, 0.29) is 0 Å². The van der Waals surface area contributed by atoms with Crippen LogP contribution in [0.25, 0.3) is 0 Å². The minimum absolute atomic E-state index is 0.508. The molecular formula is C15H15Cl2NO2S. The lowest BCUT2D eigenvalue weighted by atomic mass is 10.3. The number of benzene rings is 2. The molecule has 0 saturated carbocycles. The first kappa shape index (κ1) is 16.1. The van der Waals surface area contributed by atoms with Crippen LogP contribution in [0.15, 0.2) is 41.3 Å². The van der Waals surface area contributed by atoms with Gasteiger partial charge in [-0.25, -0.2) is 0 Å². The van der Waals surface area contributed by atoms with Gasteiger partial charge >= 0.3 is 0 Å². The Morgan fingerprint density at radius 2 is 1.95 bits per heavy atom. The highest BCUT2D eigenvalue weighted by Gasteiger charge is 2.05. The lowest BCUT2D eigenvalue weighted by Gasteiger charge is -2.10. The average Bonchev–Trinajstić information content (AvgIpc) is 2.47. The number of methoxy groups -OCH3 is 1. The minimum atomic E-state index is 0.508. The van der Waals surface area contributed by atoms with Crippen molar-refractivity contribution >= 4 is 40.7 Å². The molecule has 0 amide bonds. The lowest BCUT2D eigenvalue weighted by Crippen LogP contribution is -2.01. The average molecular weight is 344 g/mol. The van der Waals surface area contributed by atoms with Gasteiger partial charge in [0.25, 0.3) is 0 Å². The highest BCUT2D eigenvalue weighted by atomic mass is 35.5. The number of rotatable bonds is 6. The summed E-state index contributed by atoms with van der Waals surface area (Å²) in [4.78, 5) is 0.972. The minimum Gasteiger partial charge on any atom is -0.497 e. The summed E-state index contributed by atoms with van der Waals surface area (Å²) in [5.74, 6) is 2.16. The zero-order chi connectivity index (χ0) is 15.2. The quantitative estimate of drug-likeness (QED) is 0.466. The number of hydrogen-bond donors (Lipinski definition) is 1. The maximum atomic E-state index is 6.04. The van der Waals surface area contributed by atoms with Gasteiger partial charge in [-0.05, 0) is 36.4 Å². The highest BCUT2D eigenvalue weighted by Crippen LogP contribution is 2.30. The second-order valence-electron chi connectivity index (χ2n) is 4.18. The van der Waals surface area contributed by atoms with Gasteiger partial charge in [0.15, 0.2) is 0 Å². The van der Waals surface area contributed by atoms with Crippen LogP contribution in [0.4, 0.5) is 5.69 Å². The molecule has 0 aliphatic carbocycles.